The molecule has 1 aliphatic heterocycles. The Kier molecular flexibility index (Phi) is 6.70. The maximum atomic E-state index is 11.6. The lowest BCUT2D eigenvalue weighted by molar-refractivity contribution is -0.137. The topological polar surface area (TPSA) is 66.5 Å². The number of carbonyl (C=O) groups excluding carboxylic acids is 3. The lowest BCUT2D eigenvalue weighted by atomic mass is 10.1. The van der Waals surface area contributed by atoms with Gasteiger partial charge in [-0.25, -0.2) is 0 Å². The van der Waals surface area contributed by atoms with Crippen LogP contribution in [0.15, 0.2) is 24.3 Å². The van der Waals surface area contributed by atoms with E-state index in [2.05, 4.69) is 11.9 Å². The van der Waals surface area contributed by atoms with Gasteiger partial charge in [0, 0.05) is 31.7 Å². The SMILES string of the molecule is C=C(C)CCCCCNC(=O)CCN1C(=O)C=CC1=O. The van der Waals surface area contributed by atoms with E-state index in [9.17, 15) is 14.4 Å². The van der Waals surface area contributed by atoms with Crippen LogP contribution in [0.4, 0.5) is 0 Å². The summed E-state index contributed by atoms with van der Waals surface area (Å²) >= 11 is 0. The molecule has 5 heteroatoms. The summed E-state index contributed by atoms with van der Waals surface area (Å²) in [5.74, 6) is -0.817. The third kappa shape index (κ3) is 5.82. The van der Waals surface area contributed by atoms with Crippen molar-refractivity contribution in [2.24, 2.45) is 0 Å². The lowest BCUT2D eigenvalue weighted by Gasteiger charge is -2.13. The van der Waals surface area contributed by atoms with Crippen LogP contribution in [0.3, 0.4) is 0 Å². The Labute approximate surface area is 119 Å². The monoisotopic (exact) mass is 278 g/mol. The van der Waals surface area contributed by atoms with Gasteiger partial charge in [-0.1, -0.05) is 12.0 Å². The second-order valence-corrected chi connectivity index (χ2v) is 5.03. The molecule has 0 saturated heterocycles. The fraction of sp³-hybridized carbons (Fsp3) is 0.533. The molecule has 3 amide bonds. The highest BCUT2D eigenvalue weighted by Gasteiger charge is 2.23. The first-order chi connectivity index (χ1) is 9.50. The summed E-state index contributed by atoms with van der Waals surface area (Å²) in [6.45, 7) is 6.63. The van der Waals surface area contributed by atoms with Gasteiger partial charge in [0.1, 0.15) is 0 Å². The summed E-state index contributed by atoms with van der Waals surface area (Å²) in [5, 5.41) is 2.79. The molecule has 0 spiro atoms. The van der Waals surface area contributed by atoms with Gasteiger partial charge in [-0.05, 0) is 26.2 Å². The van der Waals surface area contributed by atoms with Crippen molar-refractivity contribution in [3.8, 4) is 0 Å². The minimum atomic E-state index is -0.345. The van der Waals surface area contributed by atoms with E-state index in [-0.39, 0.29) is 30.7 Å². The van der Waals surface area contributed by atoms with Crippen LogP contribution in [0.1, 0.15) is 39.0 Å². The van der Waals surface area contributed by atoms with Crippen molar-refractivity contribution >= 4 is 17.7 Å². The highest BCUT2D eigenvalue weighted by Crippen LogP contribution is 2.06. The Morgan fingerprint density at radius 1 is 1.15 bits per heavy atom. The van der Waals surface area contributed by atoms with Crippen LogP contribution < -0.4 is 5.32 Å². The van der Waals surface area contributed by atoms with E-state index in [1.165, 1.54) is 17.7 Å². The molecule has 0 atom stereocenters. The Hall–Kier alpha value is -1.91. The van der Waals surface area contributed by atoms with Crippen molar-refractivity contribution in [3.05, 3.63) is 24.3 Å². The summed E-state index contributed by atoms with van der Waals surface area (Å²) in [7, 11) is 0. The zero-order valence-electron chi connectivity index (χ0n) is 12.0. The summed E-state index contributed by atoms with van der Waals surface area (Å²) < 4.78 is 0. The number of carbonyl (C=O) groups is 3. The van der Waals surface area contributed by atoms with Gasteiger partial charge in [0.05, 0.1) is 0 Å². The van der Waals surface area contributed by atoms with Gasteiger partial charge in [0.15, 0.2) is 0 Å². The summed E-state index contributed by atoms with van der Waals surface area (Å²) in [5.41, 5.74) is 1.18. The lowest BCUT2D eigenvalue weighted by Crippen LogP contribution is -2.34. The van der Waals surface area contributed by atoms with E-state index >= 15 is 0 Å². The first-order valence-electron chi connectivity index (χ1n) is 6.95. The van der Waals surface area contributed by atoms with Crippen LogP contribution in [0.5, 0.6) is 0 Å². The zero-order chi connectivity index (χ0) is 15.0. The van der Waals surface area contributed by atoms with Crippen LogP contribution >= 0.6 is 0 Å². The standard InChI is InChI=1S/C15H22N2O3/c1-12(2)6-4-3-5-10-16-13(18)9-11-17-14(19)7-8-15(17)20/h7-8H,1,3-6,9-11H2,2H3,(H,16,18). The van der Waals surface area contributed by atoms with Crippen molar-refractivity contribution in [1.29, 1.82) is 0 Å². The number of nitrogens with zero attached hydrogens (tertiary/aromatic N) is 1. The highest BCUT2D eigenvalue weighted by atomic mass is 16.2. The second-order valence-electron chi connectivity index (χ2n) is 5.03. The molecule has 0 unspecified atom stereocenters. The molecule has 0 aromatic rings. The fourth-order valence-electron chi connectivity index (χ4n) is 1.91. The maximum Gasteiger partial charge on any atom is 0.253 e. The first-order valence-corrected chi connectivity index (χ1v) is 6.95. The average Bonchev–Trinajstić information content (AvgIpc) is 2.70. The molecule has 0 saturated carbocycles. The number of rotatable bonds is 9. The van der Waals surface area contributed by atoms with Crippen LogP contribution in [0.2, 0.25) is 0 Å². The highest BCUT2D eigenvalue weighted by molar-refractivity contribution is 6.13. The summed E-state index contributed by atoms with van der Waals surface area (Å²) in [6, 6.07) is 0. The van der Waals surface area contributed by atoms with Crippen molar-refractivity contribution in [1.82, 2.24) is 10.2 Å². The van der Waals surface area contributed by atoms with Crippen molar-refractivity contribution in [2.45, 2.75) is 39.0 Å². The Bertz CT molecular complexity index is 409. The van der Waals surface area contributed by atoms with Gasteiger partial charge >= 0.3 is 0 Å². The Balaban J connectivity index is 2.05. The Morgan fingerprint density at radius 3 is 2.40 bits per heavy atom. The molecule has 1 aliphatic rings. The minimum absolute atomic E-state index is 0.127. The minimum Gasteiger partial charge on any atom is -0.356 e. The van der Waals surface area contributed by atoms with E-state index in [0.717, 1.165) is 30.6 Å². The predicted molar refractivity (Wildman–Crippen MR) is 76.8 cm³/mol. The number of amides is 3. The second kappa shape index (κ2) is 8.30. The molecule has 20 heavy (non-hydrogen) atoms. The van der Waals surface area contributed by atoms with E-state index in [1.54, 1.807) is 0 Å². The molecule has 110 valence electrons. The summed E-state index contributed by atoms with van der Waals surface area (Å²) in [6.07, 6.45) is 6.71. The van der Waals surface area contributed by atoms with Crippen molar-refractivity contribution in [2.75, 3.05) is 13.1 Å². The predicted octanol–water partition coefficient (Wildman–Crippen LogP) is 1.55. The number of allylic oxidation sites excluding steroid dienone is 1. The fourth-order valence-corrected chi connectivity index (χ4v) is 1.91. The van der Waals surface area contributed by atoms with Crippen LogP contribution in [0, 0.1) is 0 Å². The third-order valence-corrected chi connectivity index (χ3v) is 3.07. The van der Waals surface area contributed by atoms with Gasteiger partial charge in [0.2, 0.25) is 5.91 Å². The van der Waals surface area contributed by atoms with Crippen LogP contribution in [0.25, 0.3) is 0 Å². The molecule has 0 fully saturated rings. The van der Waals surface area contributed by atoms with E-state index < -0.39 is 0 Å². The van der Waals surface area contributed by atoms with Crippen LogP contribution in [-0.4, -0.2) is 35.7 Å². The van der Waals surface area contributed by atoms with Gasteiger partial charge in [-0.3, -0.25) is 19.3 Å². The number of imide groups is 1. The quantitative estimate of drug-likeness (QED) is 0.395. The van der Waals surface area contributed by atoms with Gasteiger partial charge in [-0.2, -0.15) is 0 Å². The molecule has 0 aliphatic carbocycles. The molecule has 1 rings (SSSR count). The smallest absolute Gasteiger partial charge is 0.253 e. The molecular weight excluding hydrogens is 256 g/mol. The first kappa shape index (κ1) is 16.1. The molecule has 0 bridgehead atoms. The van der Waals surface area contributed by atoms with Crippen molar-refractivity contribution in [3.63, 3.8) is 0 Å². The average molecular weight is 278 g/mol. The van der Waals surface area contributed by atoms with Gasteiger partial charge in [0.25, 0.3) is 11.8 Å². The molecule has 0 aromatic carbocycles. The molecule has 1 N–H and O–H groups in total. The summed E-state index contributed by atoms with van der Waals surface area (Å²) in [4.78, 5) is 35.2. The van der Waals surface area contributed by atoms with Gasteiger partial charge < -0.3 is 5.32 Å². The van der Waals surface area contributed by atoms with Gasteiger partial charge in [-0.15, -0.1) is 6.58 Å². The molecule has 5 nitrogen and oxygen atoms in total. The number of nitrogens with one attached hydrogen (secondary N) is 1. The van der Waals surface area contributed by atoms with Crippen molar-refractivity contribution < 1.29 is 14.4 Å². The molecule has 0 radical (unpaired) electrons. The van der Waals surface area contributed by atoms with E-state index in [4.69, 9.17) is 0 Å². The Morgan fingerprint density at radius 2 is 1.80 bits per heavy atom. The molecule has 1 heterocycles. The third-order valence-electron chi connectivity index (χ3n) is 3.07. The largest absolute Gasteiger partial charge is 0.356 e. The number of unbranched alkanes of at least 4 members (excludes halogenated alkanes) is 2. The normalized spacial score (nSPS) is 13.9. The maximum absolute atomic E-state index is 11.6. The number of hydrogen-bond acceptors (Lipinski definition) is 3. The molecule has 0 aromatic heterocycles. The van der Waals surface area contributed by atoms with Crippen LogP contribution in [-0.2, 0) is 14.4 Å². The number of hydrogen-bond donors (Lipinski definition) is 1. The molecular formula is C15H22N2O3. The van der Waals surface area contributed by atoms with E-state index in [1.807, 2.05) is 6.92 Å². The van der Waals surface area contributed by atoms with E-state index in [0.29, 0.717) is 6.54 Å². The zero-order valence-corrected chi connectivity index (χ0v) is 12.0.